The lowest BCUT2D eigenvalue weighted by Gasteiger charge is -2.36. The van der Waals surface area contributed by atoms with Crippen LogP contribution in [0, 0.1) is 0 Å². The molecule has 7 nitrogen and oxygen atoms in total. The largest absolute Gasteiger partial charge is 0.380 e. The van der Waals surface area contributed by atoms with E-state index in [0.717, 1.165) is 31.0 Å². The van der Waals surface area contributed by atoms with Crippen molar-refractivity contribution < 1.29 is 9.59 Å². The zero-order valence-electron chi connectivity index (χ0n) is 19.0. The molecule has 0 spiro atoms. The second-order valence-electron chi connectivity index (χ2n) is 8.26. The van der Waals surface area contributed by atoms with Crippen molar-refractivity contribution in [1.82, 2.24) is 14.8 Å². The first kappa shape index (κ1) is 22.6. The van der Waals surface area contributed by atoms with Crippen molar-refractivity contribution >= 4 is 23.3 Å². The summed E-state index contributed by atoms with van der Waals surface area (Å²) in [5, 5.41) is 3.44. The maximum atomic E-state index is 13.0. The molecule has 1 aliphatic rings. The van der Waals surface area contributed by atoms with Gasteiger partial charge in [-0.25, -0.2) is 4.98 Å². The summed E-state index contributed by atoms with van der Waals surface area (Å²) in [6.45, 7) is 9.70. The van der Waals surface area contributed by atoms with Crippen LogP contribution in [0.2, 0.25) is 0 Å². The smallest absolute Gasteiger partial charge is 0.253 e. The van der Waals surface area contributed by atoms with Gasteiger partial charge in [-0.2, -0.15) is 0 Å². The number of piperazine rings is 1. The monoisotopic (exact) mass is 423 g/mol. The van der Waals surface area contributed by atoms with Gasteiger partial charge in [-0.05, 0) is 56.7 Å². The normalized spacial score (nSPS) is 14.0. The first-order chi connectivity index (χ1) is 14.9. The molecule has 1 fully saturated rings. The lowest BCUT2D eigenvalue weighted by atomic mass is 10.1. The molecule has 1 saturated heterocycles. The van der Waals surface area contributed by atoms with Crippen LogP contribution in [0.25, 0.3) is 0 Å². The second-order valence-corrected chi connectivity index (χ2v) is 8.26. The maximum absolute atomic E-state index is 13.0. The molecule has 7 heteroatoms. The predicted octanol–water partition coefficient (Wildman–Crippen LogP) is 3.35. The summed E-state index contributed by atoms with van der Waals surface area (Å²) in [7, 11) is 1.80. The van der Waals surface area contributed by atoms with E-state index in [9.17, 15) is 9.59 Å². The van der Waals surface area contributed by atoms with Gasteiger partial charge in [0.2, 0.25) is 0 Å². The molecule has 0 unspecified atom stereocenters. The van der Waals surface area contributed by atoms with Crippen LogP contribution in [0.4, 0.5) is 11.5 Å². The van der Waals surface area contributed by atoms with Crippen LogP contribution in [0.1, 0.15) is 47.9 Å². The predicted molar refractivity (Wildman–Crippen MR) is 125 cm³/mol. The second kappa shape index (κ2) is 10.3. The van der Waals surface area contributed by atoms with Gasteiger partial charge in [0.1, 0.15) is 0 Å². The molecule has 31 heavy (non-hydrogen) atoms. The van der Waals surface area contributed by atoms with Crippen LogP contribution < -0.4 is 10.2 Å². The number of aromatic nitrogens is 1. The third-order valence-corrected chi connectivity index (χ3v) is 5.38. The van der Waals surface area contributed by atoms with Gasteiger partial charge in [-0.3, -0.25) is 9.59 Å². The molecule has 0 bridgehead atoms. The first-order valence-corrected chi connectivity index (χ1v) is 11.0. The number of anilines is 2. The highest BCUT2D eigenvalue weighted by Gasteiger charge is 2.24. The average molecular weight is 424 g/mol. The van der Waals surface area contributed by atoms with Crippen LogP contribution in [-0.2, 0) is 0 Å². The highest BCUT2D eigenvalue weighted by atomic mass is 16.2. The van der Waals surface area contributed by atoms with Crippen LogP contribution in [0.3, 0.4) is 0 Å². The summed E-state index contributed by atoms with van der Waals surface area (Å²) in [4.78, 5) is 35.7. The van der Waals surface area contributed by atoms with E-state index < -0.39 is 0 Å². The molecule has 2 aromatic rings. The lowest BCUT2D eigenvalue weighted by Crippen LogP contribution is -2.49. The fourth-order valence-corrected chi connectivity index (χ4v) is 3.79. The number of hydrogen-bond acceptors (Lipinski definition) is 5. The molecule has 0 radical (unpaired) electrons. The van der Waals surface area contributed by atoms with Crippen LogP contribution in [0.15, 0.2) is 42.6 Å². The minimum atomic E-state index is -0.0179. The van der Waals surface area contributed by atoms with Crippen molar-refractivity contribution in [3.63, 3.8) is 0 Å². The average Bonchev–Trinajstić information content (AvgIpc) is 2.78. The molecule has 1 aromatic heterocycles. The Balaban J connectivity index is 1.61. The van der Waals surface area contributed by atoms with Gasteiger partial charge in [0, 0.05) is 63.1 Å². The summed E-state index contributed by atoms with van der Waals surface area (Å²) in [6, 6.07) is 11.3. The Labute approximate surface area is 185 Å². The number of nitrogens with zero attached hydrogens (tertiary/aromatic N) is 4. The van der Waals surface area contributed by atoms with Gasteiger partial charge in [-0.1, -0.05) is 6.92 Å². The number of pyridine rings is 1. The molecular formula is C24H33N5O2. The Morgan fingerprint density at radius 3 is 2.32 bits per heavy atom. The molecule has 0 saturated carbocycles. The van der Waals surface area contributed by atoms with E-state index in [1.807, 2.05) is 24.0 Å². The minimum absolute atomic E-state index is 0.00196. The molecular weight excluding hydrogens is 390 g/mol. The summed E-state index contributed by atoms with van der Waals surface area (Å²) in [5.41, 5.74) is 2.24. The number of hydrogen-bond donors (Lipinski definition) is 1. The quantitative estimate of drug-likeness (QED) is 0.740. The number of nitrogens with one attached hydrogen (secondary N) is 1. The third kappa shape index (κ3) is 5.54. The molecule has 2 amide bonds. The number of benzene rings is 1. The SMILES string of the molecule is CCCN(C)C(=O)c1ccc(C(=O)N2CCN(c3ncccc3NC(C)C)CC2)cc1. The standard InChI is InChI=1S/C24H33N5O2/c1-5-13-27(4)23(30)19-8-10-20(11-9-19)24(31)29-16-14-28(15-17-29)22-21(26-18(2)3)7-6-12-25-22/h6-12,18,26H,5,13-17H2,1-4H3. The van der Waals surface area contributed by atoms with E-state index in [-0.39, 0.29) is 11.8 Å². The third-order valence-electron chi connectivity index (χ3n) is 5.38. The molecule has 0 aliphatic carbocycles. The van der Waals surface area contributed by atoms with Crippen molar-refractivity contribution in [2.45, 2.75) is 33.2 Å². The van der Waals surface area contributed by atoms with Gasteiger partial charge in [0.15, 0.2) is 5.82 Å². The first-order valence-electron chi connectivity index (χ1n) is 11.0. The van der Waals surface area contributed by atoms with Crippen molar-refractivity contribution in [2.75, 3.05) is 50.0 Å². The topological polar surface area (TPSA) is 68.8 Å². The maximum Gasteiger partial charge on any atom is 0.253 e. The zero-order valence-corrected chi connectivity index (χ0v) is 19.0. The van der Waals surface area contributed by atoms with Gasteiger partial charge < -0.3 is 20.0 Å². The summed E-state index contributed by atoms with van der Waals surface area (Å²) >= 11 is 0. The van der Waals surface area contributed by atoms with Crippen molar-refractivity contribution in [1.29, 1.82) is 0 Å². The van der Waals surface area contributed by atoms with Crippen LogP contribution >= 0.6 is 0 Å². The van der Waals surface area contributed by atoms with E-state index >= 15 is 0 Å². The Hall–Kier alpha value is -3.09. The number of carbonyl (C=O) groups is 2. The van der Waals surface area contributed by atoms with E-state index in [1.54, 1.807) is 42.4 Å². The molecule has 1 N–H and O–H groups in total. The highest BCUT2D eigenvalue weighted by molar-refractivity contribution is 5.97. The number of amides is 2. The summed E-state index contributed by atoms with van der Waals surface area (Å²) in [6.07, 6.45) is 2.72. The lowest BCUT2D eigenvalue weighted by molar-refractivity contribution is 0.0744. The summed E-state index contributed by atoms with van der Waals surface area (Å²) < 4.78 is 0. The van der Waals surface area contributed by atoms with Crippen molar-refractivity contribution in [2.24, 2.45) is 0 Å². The van der Waals surface area contributed by atoms with Crippen molar-refractivity contribution in [3.8, 4) is 0 Å². The Morgan fingerprint density at radius 1 is 1.06 bits per heavy atom. The fraction of sp³-hybridized carbons (Fsp3) is 0.458. The van der Waals surface area contributed by atoms with E-state index in [4.69, 9.17) is 0 Å². The van der Waals surface area contributed by atoms with Crippen LogP contribution in [-0.4, -0.2) is 72.4 Å². The molecule has 1 aromatic carbocycles. The molecule has 2 heterocycles. The fourth-order valence-electron chi connectivity index (χ4n) is 3.79. The van der Waals surface area contributed by atoms with E-state index in [0.29, 0.717) is 36.8 Å². The summed E-state index contributed by atoms with van der Waals surface area (Å²) in [5.74, 6) is 0.917. The molecule has 0 atom stereocenters. The highest BCUT2D eigenvalue weighted by Crippen LogP contribution is 2.25. The molecule has 1 aliphatic heterocycles. The molecule has 166 valence electrons. The zero-order chi connectivity index (χ0) is 22.4. The van der Waals surface area contributed by atoms with E-state index in [2.05, 4.69) is 29.0 Å². The van der Waals surface area contributed by atoms with Gasteiger partial charge >= 0.3 is 0 Å². The Bertz CT molecular complexity index is 889. The van der Waals surface area contributed by atoms with Gasteiger partial charge in [-0.15, -0.1) is 0 Å². The Kier molecular flexibility index (Phi) is 7.50. The van der Waals surface area contributed by atoms with Gasteiger partial charge in [0.25, 0.3) is 11.8 Å². The molecule has 3 rings (SSSR count). The number of rotatable bonds is 7. The minimum Gasteiger partial charge on any atom is -0.380 e. The van der Waals surface area contributed by atoms with Gasteiger partial charge in [0.05, 0.1) is 5.69 Å². The number of carbonyl (C=O) groups excluding carboxylic acids is 2. The van der Waals surface area contributed by atoms with Crippen molar-refractivity contribution in [3.05, 3.63) is 53.7 Å². The Morgan fingerprint density at radius 2 is 1.71 bits per heavy atom. The van der Waals surface area contributed by atoms with E-state index in [1.165, 1.54) is 0 Å². The van der Waals surface area contributed by atoms with Crippen LogP contribution in [0.5, 0.6) is 0 Å².